The molecule has 116 valence electrons. The molecule has 0 N–H and O–H groups in total. The minimum Gasteiger partial charge on any atom is -0.399 e. The zero-order valence-electron chi connectivity index (χ0n) is 13.0. The second-order valence-electron chi connectivity index (χ2n) is 6.35. The Hall–Kier alpha value is -1.01. The van der Waals surface area contributed by atoms with Crippen molar-refractivity contribution >= 4 is 12.6 Å². The van der Waals surface area contributed by atoms with Crippen LogP contribution >= 0.6 is 0 Å². The van der Waals surface area contributed by atoms with E-state index in [4.69, 9.17) is 9.31 Å². The summed E-state index contributed by atoms with van der Waals surface area (Å²) in [5, 5.41) is 0. The summed E-state index contributed by atoms with van der Waals surface area (Å²) >= 11 is 0. The van der Waals surface area contributed by atoms with Gasteiger partial charge in [0.15, 0.2) is 0 Å². The van der Waals surface area contributed by atoms with Gasteiger partial charge >= 0.3 is 13.3 Å². The van der Waals surface area contributed by atoms with Gasteiger partial charge in [-0.05, 0) is 57.3 Å². The van der Waals surface area contributed by atoms with Crippen molar-refractivity contribution in [1.29, 1.82) is 0 Å². The minimum atomic E-state index is -4.37. The van der Waals surface area contributed by atoms with Gasteiger partial charge in [0.05, 0.1) is 16.8 Å². The van der Waals surface area contributed by atoms with Gasteiger partial charge in [-0.15, -0.1) is 0 Å². The molecule has 1 heterocycles. The van der Waals surface area contributed by atoms with E-state index in [2.05, 4.69) is 0 Å². The van der Waals surface area contributed by atoms with Crippen LogP contribution in [0.15, 0.2) is 18.2 Å². The molecular formula is C15H20BF3O2. The van der Waals surface area contributed by atoms with Gasteiger partial charge in [-0.2, -0.15) is 13.2 Å². The summed E-state index contributed by atoms with van der Waals surface area (Å²) in [5.41, 5.74) is -0.551. The second-order valence-corrected chi connectivity index (χ2v) is 6.35. The monoisotopic (exact) mass is 300 g/mol. The molecule has 1 aromatic carbocycles. The van der Waals surface area contributed by atoms with E-state index in [1.807, 2.05) is 34.6 Å². The van der Waals surface area contributed by atoms with E-state index in [0.717, 1.165) is 17.7 Å². The normalized spacial score (nSPS) is 20.9. The van der Waals surface area contributed by atoms with Crippen molar-refractivity contribution in [3.63, 3.8) is 0 Å². The van der Waals surface area contributed by atoms with Crippen molar-refractivity contribution in [2.75, 3.05) is 0 Å². The number of aryl methyl sites for hydroxylation is 1. The van der Waals surface area contributed by atoms with Gasteiger partial charge in [0.25, 0.3) is 0 Å². The predicted molar refractivity (Wildman–Crippen MR) is 76.5 cm³/mol. The maximum absolute atomic E-state index is 12.9. The Balaban J connectivity index is 2.44. The minimum absolute atomic E-state index is 0.464. The van der Waals surface area contributed by atoms with Gasteiger partial charge in [0.2, 0.25) is 0 Å². The first-order valence-corrected chi connectivity index (χ1v) is 7.03. The molecule has 1 fully saturated rings. The Morgan fingerprint density at radius 1 is 1.05 bits per heavy atom. The summed E-state index contributed by atoms with van der Waals surface area (Å²) in [4.78, 5) is 0. The summed E-state index contributed by atoms with van der Waals surface area (Å²) < 4.78 is 50.5. The molecule has 21 heavy (non-hydrogen) atoms. The van der Waals surface area contributed by atoms with Gasteiger partial charge in [-0.3, -0.25) is 0 Å². The summed E-state index contributed by atoms with van der Waals surface area (Å²) in [6.07, 6.45) is -3.75. The Morgan fingerprint density at radius 3 is 2.00 bits per heavy atom. The molecule has 0 unspecified atom stereocenters. The number of rotatable bonds is 2. The molecule has 2 rings (SSSR count). The summed E-state index contributed by atoms with van der Waals surface area (Å²) in [7, 11) is -0.771. The lowest BCUT2D eigenvalue weighted by atomic mass is 9.74. The third-order valence-corrected chi connectivity index (χ3v) is 4.36. The zero-order valence-corrected chi connectivity index (χ0v) is 13.0. The van der Waals surface area contributed by atoms with Gasteiger partial charge < -0.3 is 9.31 Å². The van der Waals surface area contributed by atoms with Gasteiger partial charge in [0, 0.05) is 0 Å². The van der Waals surface area contributed by atoms with E-state index >= 15 is 0 Å². The zero-order chi connectivity index (χ0) is 16.1. The highest BCUT2D eigenvalue weighted by Gasteiger charge is 2.52. The van der Waals surface area contributed by atoms with Crippen LogP contribution in [0.1, 0.15) is 45.7 Å². The first-order chi connectivity index (χ1) is 9.48. The van der Waals surface area contributed by atoms with Crippen molar-refractivity contribution in [2.24, 2.45) is 0 Å². The fourth-order valence-electron chi connectivity index (χ4n) is 2.28. The van der Waals surface area contributed by atoms with E-state index in [0.29, 0.717) is 11.9 Å². The highest BCUT2D eigenvalue weighted by molar-refractivity contribution is 6.62. The predicted octanol–water partition coefficient (Wildman–Crippen LogP) is 3.57. The number of hydrogen-bond acceptors (Lipinski definition) is 2. The molecule has 0 radical (unpaired) electrons. The molecular weight excluding hydrogens is 280 g/mol. The average molecular weight is 300 g/mol. The third kappa shape index (κ3) is 2.97. The number of hydrogen-bond donors (Lipinski definition) is 0. The number of halogens is 3. The van der Waals surface area contributed by atoms with Crippen LogP contribution in [-0.4, -0.2) is 18.3 Å². The lowest BCUT2D eigenvalue weighted by molar-refractivity contribution is -0.137. The average Bonchev–Trinajstić information content (AvgIpc) is 2.56. The molecule has 0 bridgehead atoms. The molecule has 0 saturated carbocycles. The van der Waals surface area contributed by atoms with Crippen LogP contribution in [0.3, 0.4) is 0 Å². The van der Waals surface area contributed by atoms with E-state index in [-0.39, 0.29) is 0 Å². The molecule has 0 spiro atoms. The van der Waals surface area contributed by atoms with Gasteiger partial charge in [-0.25, -0.2) is 0 Å². The van der Waals surface area contributed by atoms with Crippen LogP contribution in [0.2, 0.25) is 0 Å². The van der Waals surface area contributed by atoms with E-state index < -0.39 is 30.1 Å². The topological polar surface area (TPSA) is 18.5 Å². The fraction of sp³-hybridized carbons (Fsp3) is 0.600. The van der Waals surface area contributed by atoms with Crippen molar-refractivity contribution in [2.45, 2.75) is 58.4 Å². The largest absolute Gasteiger partial charge is 0.495 e. The molecule has 0 aromatic heterocycles. The molecule has 2 nitrogen and oxygen atoms in total. The summed E-state index contributed by atoms with van der Waals surface area (Å²) in [6.45, 7) is 9.42. The Labute approximate surface area is 123 Å². The molecule has 1 aliphatic rings. The maximum atomic E-state index is 12.9. The van der Waals surface area contributed by atoms with Crippen LogP contribution in [0.5, 0.6) is 0 Å². The maximum Gasteiger partial charge on any atom is 0.495 e. The molecule has 1 aliphatic heterocycles. The highest BCUT2D eigenvalue weighted by Crippen LogP contribution is 2.37. The van der Waals surface area contributed by atoms with E-state index in [1.165, 1.54) is 6.07 Å². The van der Waals surface area contributed by atoms with E-state index in [1.54, 1.807) is 0 Å². The molecule has 6 heteroatoms. The highest BCUT2D eigenvalue weighted by atomic mass is 19.4. The smallest absolute Gasteiger partial charge is 0.399 e. The molecule has 1 aromatic rings. The van der Waals surface area contributed by atoms with Gasteiger partial charge in [-0.1, -0.05) is 13.0 Å². The summed E-state index contributed by atoms with van der Waals surface area (Å²) in [5.74, 6) is 0. The van der Waals surface area contributed by atoms with E-state index in [9.17, 15) is 13.2 Å². The first-order valence-electron chi connectivity index (χ1n) is 7.03. The van der Waals surface area contributed by atoms with Crippen molar-refractivity contribution < 1.29 is 22.5 Å². The Bertz CT molecular complexity index is 522. The Kier molecular flexibility index (Phi) is 3.91. The molecule has 0 amide bonds. The molecule has 0 atom stereocenters. The lowest BCUT2D eigenvalue weighted by Gasteiger charge is -2.32. The van der Waals surface area contributed by atoms with Crippen molar-refractivity contribution in [1.82, 2.24) is 0 Å². The SMILES string of the molecule is CCc1ccc(C(F)(F)F)cc1B1OC(C)(C)C(C)(C)O1. The Morgan fingerprint density at radius 2 is 1.57 bits per heavy atom. The van der Waals surface area contributed by atoms with Crippen LogP contribution in [-0.2, 0) is 21.9 Å². The van der Waals surface area contributed by atoms with Crippen LogP contribution in [0.4, 0.5) is 13.2 Å². The number of benzene rings is 1. The molecule has 0 aliphatic carbocycles. The lowest BCUT2D eigenvalue weighted by Crippen LogP contribution is -2.41. The van der Waals surface area contributed by atoms with Crippen molar-refractivity contribution in [3.05, 3.63) is 29.3 Å². The van der Waals surface area contributed by atoms with Crippen LogP contribution in [0.25, 0.3) is 0 Å². The van der Waals surface area contributed by atoms with Crippen LogP contribution < -0.4 is 5.46 Å². The molecule has 1 saturated heterocycles. The first kappa shape index (κ1) is 16.4. The third-order valence-electron chi connectivity index (χ3n) is 4.36. The fourth-order valence-corrected chi connectivity index (χ4v) is 2.28. The van der Waals surface area contributed by atoms with Crippen LogP contribution in [0, 0.1) is 0 Å². The van der Waals surface area contributed by atoms with Crippen molar-refractivity contribution in [3.8, 4) is 0 Å². The second kappa shape index (κ2) is 5.02. The summed E-state index contributed by atoms with van der Waals surface area (Å²) in [6, 6.07) is 3.75. The quantitative estimate of drug-likeness (QED) is 0.777. The standard InChI is InChI=1S/C15H20BF3O2/c1-6-10-7-8-11(15(17,18)19)9-12(10)16-20-13(2,3)14(4,5)21-16/h7-9H,6H2,1-5H3. The van der Waals surface area contributed by atoms with Gasteiger partial charge in [0.1, 0.15) is 0 Å². The number of alkyl halides is 3.